The van der Waals surface area contributed by atoms with Crippen molar-refractivity contribution >= 4 is 29.0 Å². The third kappa shape index (κ3) is 3.48. The van der Waals surface area contributed by atoms with Gasteiger partial charge in [0.05, 0.1) is 0 Å². The maximum Gasteiger partial charge on any atom is 0.270 e. The fourth-order valence-electron chi connectivity index (χ4n) is 3.52. The molecule has 0 spiro atoms. The van der Waals surface area contributed by atoms with Gasteiger partial charge in [0.2, 0.25) is 0 Å². The van der Waals surface area contributed by atoms with E-state index in [0.29, 0.717) is 12.2 Å². The van der Waals surface area contributed by atoms with Gasteiger partial charge in [0.25, 0.3) is 5.91 Å². The maximum atomic E-state index is 12.3. The minimum absolute atomic E-state index is 0.0615. The van der Waals surface area contributed by atoms with Crippen molar-refractivity contribution in [2.75, 3.05) is 31.1 Å². The molecule has 0 radical (unpaired) electrons. The van der Waals surface area contributed by atoms with Gasteiger partial charge in [-0.3, -0.25) is 9.69 Å². The summed E-state index contributed by atoms with van der Waals surface area (Å²) in [5.41, 5.74) is 6.24. The zero-order valence-electron chi connectivity index (χ0n) is 12.8. The Balaban J connectivity index is 1.62. The summed E-state index contributed by atoms with van der Waals surface area (Å²) in [6, 6.07) is 0. The first-order chi connectivity index (χ1) is 10.7. The van der Waals surface area contributed by atoms with E-state index in [9.17, 15) is 4.79 Å². The highest BCUT2D eigenvalue weighted by molar-refractivity contribution is 7.99. The minimum Gasteiger partial charge on any atom is -0.349 e. The Morgan fingerprint density at radius 1 is 1.36 bits per heavy atom. The molecule has 7 heteroatoms. The Morgan fingerprint density at radius 2 is 2.09 bits per heavy atom. The molecule has 0 bridgehead atoms. The first kappa shape index (κ1) is 16.2. The van der Waals surface area contributed by atoms with Gasteiger partial charge in [0.15, 0.2) is 0 Å². The van der Waals surface area contributed by atoms with Crippen molar-refractivity contribution in [1.82, 2.24) is 15.2 Å². The van der Waals surface area contributed by atoms with Gasteiger partial charge in [0, 0.05) is 48.6 Å². The molecule has 0 aromatic carbocycles. The Morgan fingerprint density at radius 3 is 2.73 bits per heavy atom. The molecule has 3 rings (SSSR count). The SMILES string of the molecule is NCc1nc(C(=O)NCC2(N3CCSCC3)CCCC2)cs1. The molecule has 0 atom stereocenters. The molecule has 0 unspecified atom stereocenters. The van der Waals surface area contributed by atoms with Gasteiger partial charge < -0.3 is 11.1 Å². The van der Waals surface area contributed by atoms with Crippen LogP contribution in [0, 0.1) is 0 Å². The Hall–Kier alpha value is -0.630. The average Bonchev–Trinajstić information content (AvgIpc) is 3.23. The first-order valence-electron chi connectivity index (χ1n) is 7.99. The van der Waals surface area contributed by atoms with E-state index in [1.807, 2.05) is 11.8 Å². The number of aromatic nitrogens is 1. The minimum atomic E-state index is -0.0615. The van der Waals surface area contributed by atoms with Crippen LogP contribution >= 0.6 is 23.1 Å². The number of rotatable bonds is 5. The molecule has 3 N–H and O–H groups in total. The fraction of sp³-hybridized carbons (Fsp3) is 0.733. The van der Waals surface area contributed by atoms with Gasteiger partial charge in [-0.1, -0.05) is 12.8 Å². The quantitative estimate of drug-likeness (QED) is 0.853. The molecule has 1 saturated heterocycles. The van der Waals surface area contributed by atoms with E-state index in [-0.39, 0.29) is 11.4 Å². The summed E-state index contributed by atoms with van der Waals surface area (Å²) in [5.74, 6) is 2.36. The predicted molar refractivity (Wildman–Crippen MR) is 92.4 cm³/mol. The number of hydrogen-bond donors (Lipinski definition) is 2. The van der Waals surface area contributed by atoms with Crippen molar-refractivity contribution in [1.29, 1.82) is 0 Å². The second-order valence-electron chi connectivity index (χ2n) is 6.04. The van der Waals surface area contributed by atoms with Gasteiger partial charge >= 0.3 is 0 Å². The lowest BCUT2D eigenvalue weighted by Crippen LogP contribution is -2.56. The second kappa shape index (κ2) is 7.29. The van der Waals surface area contributed by atoms with Crippen molar-refractivity contribution in [3.63, 3.8) is 0 Å². The molecule has 2 heterocycles. The molecule has 2 fully saturated rings. The van der Waals surface area contributed by atoms with E-state index in [2.05, 4.69) is 15.2 Å². The van der Waals surface area contributed by atoms with E-state index in [4.69, 9.17) is 5.73 Å². The number of amides is 1. The second-order valence-corrected chi connectivity index (χ2v) is 8.21. The molecule has 22 heavy (non-hydrogen) atoms. The Bertz CT molecular complexity index is 507. The molecule has 1 aromatic heterocycles. The van der Waals surface area contributed by atoms with Crippen LogP contribution in [0.25, 0.3) is 0 Å². The molecule has 1 aliphatic heterocycles. The summed E-state index contributed by atoms with van der Waals surface area (Å²) in [5, 5.41) is 5.75. The molecule has 1 aliphatic carbocycles. The molecule has 1 aromatic rings. The van der Waals surface area contributed by atoms with Gasteiger partial charge in [-0.2, -0.15) is 11.8 Å². The molecular formula is C15H24N4OS2. The lowest BCUT2D eigenvalue weighted by Gasteiger charge is -2.43. The van der Waals surface area contributed by atoms with Gasteiger partial charge in [-0.05, 0) is 12.8 Å². The van der Waals surface area contributed by atoms with Crippen LogP contribution in [-0.2, 0) is 6.54 Å². The largest absolute Gasteiger partial charge is 0.349 e. The van der Waals surface area contributed by atoms with Crippen LogP contribution < -0.4 is 11.1 Å². The van der Waals surface area contributed by atoms with Crippen LogP contribution in [0.15, 0.2) is 5.38 Å². The summed E-state index contributed by atoms with van der Waals surface area (Å²) in [7, 11) is 0. The van der Waals surface area contributed by atoms with Gasteiger partial charge in [-0.15, -0.1) is 11.3 Å². The number of thioether (sulfide) groups is 1. The molecule has 1 amide bonds. The van der Waals surface area contributed by atoms with Crippen LogP contribution in [-0.4, -0.2) is 52.5 Å². The average molecular weight is 341 g/mol. The van der Waals surface area contributed by atoms with E-state index in [1.165, 1.54) is 48.5 Å². The molecule has 122 valence electrons. The lowest BCUT2D eigenvalue weighted by atomic mass is 9.94. The summed E-state index contributed by atoms with van der Waals surface area (Å²) in [6.07, 6.45) is 4.94. The van der Waals surface area contributed by atoms with Crippen molar-refractivity contribution in [3.8, 4) is 0 Å². The van der Waals surface area contributed by atoms with Crippen molar-refractivity contribution < 1.29 is 4.79 Å². The van der Waals surface area contributed by atoms with E-state index in [0.717, 1.165) is 24.6 Å². The number of carbonyl (C=O) groups excluding carboxylic acids is 1. The summed E-state index contributed by atoms with van der Waals surface area (Å²) < 4.78 is 0. The third-order valence-corrected chi connectivity index (χ3v) is 6.57. The van der Waals surface area contributed by atoms with Gasteiger partial charge in [0.1, 0.15) is 10.7 Å². The highest BCUT2D eigenvalue weighted by atomic mass is 32.2. The number of carbonyl (C=O) groups is 1. The molecule has 2 aliphatic rings. The van der Waals surface area contributed by atoms with Crippen LogP contribution in [0.2, 0.25) is 0 Å². The third-order valence-electron chi connectivity index (χ3n) is 4.75. The molecular weight excluding hydrogens is 316 g/mol. The van der Waals surface area contributed by atoms with Crippen LogP contribution in [0.5, 0.6) is 0 Å². The monoisotopic (exact) mass is 340 g/mol. The first-order valence-corrected chi connectivity index (χ1v) is 10.0. The summed E-state index contributed by atoms with van der Waals surface area (Å²) in [4.78, 5) is 19.2. The van der Waals surface area contributed by atoms with E-state index < -0.39 is 0 Å². The predicted octanol–water partition coefficient (Wildman–Crippen LogP) is 1.69. The highest BCUT2D eigenvalue weighted by Crippen LogP contribution is 2.36. The number of nitrogens with one attached hydrogen (secondary N) is 1. The maximum absolute atomic E-state index is 12.3. The topological polar surface area (TPSA) is 71.2 Å². The standard InChI is InChI=1S/C15H24N4OS2/c16-9-13-18-12(10-22-13)14(20)17-11-15(3-1-2-4-15)19-5-7-21-8-6-19/h10H,1-9,11,16H2,(H,17,20). The molecule has 5 nitrogen and oxygen atoms in total. The van der Waals surface area contributed by atoms with Gasteiger partial charge in [-0.25, -0.2) is 4.98 Å². The number of nitrogens with two attached hydrogens (primary N) is 1. The van der Waals surface area contributed by atoms with Crippen molar-refractivity contribution in [3.05, 3.63) is 16.1 Å². The zero-order chi connectivity index (χ0) is 15.4. The number of hydrogen-bond acceptors (Lipinski definition) is 6. The van der Waals surface area contributed by atoms with Crippen LogP contribution in [0.4, 0.5) is 0 Å². The van der Waals surface area contributed by atoms with Crippen molar-refractivity contribution in [2.45, 2.75) is 37.8 Å². The van der Waals surface area contributed by atoms with E-state index in [1.54, 1.807) is 5.38 Å². The fourth-order valence-corrected chi connectivity index (χ4v) is 5.08. The van der Waals surface area contributed by atoms with Crippen LogP contribution in [0.1, 0.15) is 41.2 Å². The summed E-state index contributed by atoms with van der Waals surface area (Å²) >= 11 is 3.49. The summed E-state index contributed by atoms with van der Waals surface area (Å²) in [6.45, 7) is 3.43. The molecule has 1 saturated carbocycles. The normalized spacial score (nSPS) is 21.9. The highest BCUT2D eigenvalue weighted by Gasteiger charge is 2.40. The van der Waals surface area contributed by atoms with Crippen LogP contribution in [0.3, 0.4) is 0 Å². The van der Waals surface area contributed by atoms with Crippen molar-refractivity contribution in [2.24, 2.45) is 5.73 Å². The zero-order valence-corrected chi connectivity index (χ0v) is 14.5. The Kier molecular flexibility index (Phi) is 5.38. The number of nitrogens with zero attached hydrogens (tertiary/aromatic N) is 2. The Labute approximate surface area is 140 Å². The lowest BCUT2D eigenvalue weighted by molar-refractivity contribution is 0.0814. The van der Waals surface area contributed by atoms with E-state index >= 15 is 0 Å². The smallest absolute Gasteiger partial charge is 0.270 e. The number of thiazole rings is 1.